The Morgan fingerprint density at radius 1 is 1.75 bits per heavy atom. The maximum atomic E-state index is 8.73. The van der Waals surface area contributed by atoms with Crippen LogP contribution in [-0.2, 0) is 0 Å². The van der Waals surface area contributed by atoms with Crippen molar-refractivity contribution in [3.63, 3.8) is 0 Å². The van der Waals surface area contributed by atoms with Crippen LogP contribution in [0.15, 0.2) is 24.3 Å². The molecule has 0 aromatic heterocycles. The average Bonchev–Trinajstić information content (AvgIpc) is 1.65. The van der Waals surface area contributed by atoms with E-state index in [-0.39, 0.29) is 6.10 Å². The number of rotatable bonds is 2. The zero-order valence-electron chi connectivity index (χ0n) is 5.39. The van der Waals surface area contributed by atoms with Gasteiger partial charge in [-0.15, -0.1) is 0 Å². The molecule has 0 bridgehead atoms. The number of hydrogen-bond acceptors (Lipinski definition) is 1. The molecule has 8 heavy (non-hydrogen) atoms. The van der Waals surface area contributed by atoms with E-state index in [2.05, 4.69) is 6.58 Å². The molecule has 1 heteroatoms. The summed E-state index contributed by atoms with van der Waals surface area (Å²) in [7, 11) is 0. The predicted molar refractivity (Wildman–Crippen MR) is 35.6 cm³/mol. The number of hydrogen-bond donors (Lipinski definition) is 1. The van der Waals surface area contributed by atoms with E-state index in [1.165, 1.54) is 0 Å². The molecule has 1 atom stereocenters. The summed E-state index contributed by atoms with van der Waals surface area (Å²) in [6.45, 7) is 7.15. The predicted octanol–water partition coefficient (Wildman–Crippen LogP) is 1.50. The van der Waals surface area contributed by atoms with Crippen molar-refractivity contribution in [3.05, 3.63) is 24.3 Å². The molecule has 0 radical (unpaired) electrons. The molecule has 0 aliphatic heterocycles. The lowest BCUT2D eigenvalue weighted by Crippen LogP contribution is -1.92. The molecule has 0 aliphatic rings. The lowest BCUT2D eigenvalue weighted by atomic mass is 10.2. The highest BCUT2D eigenvalue weighted by Gasteiger charge is 1.85. The van der Waals surface area contributed by atoms with E-state index in [4.69, 9.17) is 5.11 Å². The van der Waals surface area contributed by atoms with E-state index in [0.29, 0.717) is 0 Å². The van der Waals surface area contributed by atoms with Gasteiger partial charge in [-0.3, -0.25) is 0 Å². The topological polar surface area (TPSA) is 20.2 Å². The molecule has 0 aliphatic carbocycles. The van der Waals surface area contributed by atoms with Crippen LogP contribution in [0.2, 0.25) is 0 Å². The maximum Gasteiger partial charge on any atom is 0.0698 e. The molecule has 0 saturated heterocycles. The molecular formula is C7H12O. The van der Waals surface area contributed by atoms with Gasteiger partial charge in [0, 0.05) is 0 Å². The second-order valence-electron chi connectivity index (χ2n) is 1.86. The van der Waals surface area contributed by atoms with Crippen LogP contribution < -0.4 is 0 Å². The van der Waals surface area contributed by atoms with Gasteiger partial charge in [-0.25, -0.2) is 0 Å². The van der Waals surface area contributed by atoms with Gasteiger partial charge < -0.3 is 5.11 Å². The van der Waals surface area contributed by atoms with E-state index in [1.807, 2.05) is 6.92 Å². The Kier molecular flexibility index (Phi) is 3.20. The Morgan fingerprint density at radius 2 is 2.25 bits per heavy atom. The van der Waals surface area contributed by atoms with Crippen molar-refractivity contribution in [2.45, 2.75) is 20.0 Å². The third-order valence-corrected chi connectivity index (χ3v) is 0.826. The monoisotopic (exact) mass is 112 g/mol. The second-order valence-corrected chi connectivity index (χ2v) is 1.86. The highest BCUT2D eigenvalue weighted by Crippen LogP contribution is 1.94. The number of allylic oxidation sites excluding steroid dienone is 2. The fourth-order valence-electron chi connectivity index (χ4n) is 0.449. The summed E-state index contributed by atoms with van der Waals surface area (Å²) >= 11 is 0. The zero-order chi connectivity index (χ0) is 6.57. The summed E-state index contributed by atoms with van der Waals surface area (Å²) in [5.41, 5.74) is 1.01. The molecule has 1 unspecified atom stereocenters. The van der Waals surface area contributed by atoms with Gasteiger partial charge >= 0.3 is 0 Å². The summed E-state index contributed by atoms with van der Waals surface area (Å²) in [5, 5.41) is 8.73. The minimum atomic E-state index is -0.354. The van der Waals surface area contributed by atoms with Crippen molar-refractivity contribution in [2.75, 3.05) is 0 Å². The van der Waals surface area contributed by atoms with Gasteiger partial charge in [0.25, 0.3) is 0 Å². The van der Waals surface area contributed by atoms with Crippen LogP contribution in [0.25, 0.3) is 0 Å². The lowest BCUT2D eigenvalue weighted by molar-refractivity contribution is 0.243. The molecule has 1 nitrogen and oxygen atoms in total. The second kappa shape index (κ2) is 3.44. The van der Waals surface area contributed by atoms with Crippen molar-refractivity contribution in [2.24, 2.45) is 0 Å². The fraction of sp³-hybridized carbons (Fsp3) is 0.429. The van der Waals surface area contributed by atoms with Gasteiger partial charge in [0.05, 0.1) is 6.10 Å². The van der Waals surface area contributed by atoms with E-state index >= 15 is 0 Å². The van der Waals surface area contributed by atoms with E-state index in [9.17, 15) is 0 Å². The van der Waals surface area contributed by atoms with Crippen molar-refractivity contribution in [1.29, 1.82) is 0 Å². The minimum Gasteiger partial charge on any atom is -0.389 e. The molecule has 46 valence electrons. The van der Waals surface area contributed by atoms with Crippen molar-refractivity contribution in [3.8, 4) is 0 Å². The van der Waals surface area contributed by atoms with E-state index < -0.39 is 0 Å². The van der Waals surface area contributed by atoms with Crippen LogP contribution in [0.4, 0.5) is 0 Å². The molecule has 0 spiro atoms. The Bertz CT molecular complexity index is 101. The Balaban J connectivity index is 3.74. The molecule has 0 heterocycles. The van der Waals surface area contributed by atoms with Crippen LogP contribution in [-0.4, -0.2) is 11.2 Å². The molecular weight excluding hydrogens is 100 g/mol. The molecule has 0 fully saturated rings. The Hall–Kier alpha value is -0.560. The average molecular weight is 112 g/mol. The highest BCUT2D eigenvalue weighted by molar-refractivity contribution is 5.13. The van der Waals surface area contributed by atoms with Crippen molar-refractivity contribution < 1.29 is 5.11 Å². The molecule has 0 rings (SSSR count). The molecule has 0 aromatic carbocycles. The largest absolute Gasteiger partial charge is 0.389 e. The van der Waals surface area contributed by atoms with Crippen molar-refractivity contribution in [1.82, 2.24) is 0 Å². The first-order valence-corrected chi connectivity index (χ1v) is 2.65. The summed E-state index contributed by atoms with van der Waals surface area (Å²) in [6, 6.07) is 0. The van der Waals surface area contributed by atoms with Crippen LogP contribution in [0.1, 0.15) is 13.8 Å². The minimum absolute atomic E-state index is 0.354. The standard InChI is InChI=1S/C7H12O/c1-4-6(2)5-7(3)8/h4-5,7-8H,1H2,2-3H3/b6-5+. The third-order valence-electron chi connectivity index (χ3n) is 0.826. The highest BCUT2D eigenvalue weighted by atomic mass is 16.3. The van der Waals surface area contributed by atoms with Crippen molar-refractivity contribution >= 4 is 0 Å². The first-order chi connectivity index (χ1) is 3.66. The van der Waals surface area contributed by atoms with Crippen LogP contribution in [0.5, 0.6) is 0 Å². The summed E-state index contributed by atoms with van der Waals surface area (Å²) in [6.07, 6.45) is 3.10. The van der Waals surface area contributed by atoms with Gasteiger partial charge in [0.15, 0.2) is 0 Å². The van der Waals surface area contributed by atoms with Gasteiger partial charge in [0.1, 0.15) is 0 Å². The van der Waals surface area contributed by atoms with Crippen LogP contribution >= 0.6 is 0 Å². The molecule has 0 aromatic rings. The number of aliphatic hydroxyl groups excluding tert-OH is 1. The van der Waals surface area contributed by atoms with E-state index in [1.54, 1.807) is 19.1 Å². The lowest BCUT2D eigenvalue weighted by Gasteiger charge is -1.94. The quantitative estimate of drug-likeness (QED) is 0.537. The molecule has 1 N–H and O–H groups in total. The fourth-order valence-corrected chi connectivity index (χ4v) is 0.449. The van der Waals surface area contributed by atoms with Crippen LogP contribution in [0.3, 0.4) is 0 Å². The first kappa shape index (κ1) is 7.44. The Morgan fingerprint density at radius 3 is 2.38 bits per heavy atom. The summed E-state index contributed by atoms with van der Waals surface area (Å²) in [5.74, 6) is 0. The SMILES string of the molecule is C=C/C(C)=C/C(C)O. The molecule has 0 saturated carbocycles. The first-order valence-electron chi connectivity index (χ1n) is 2.65. The Labute approximate surface area is 50.3 Å². The smallest absolute Gasteiger partial charge is 0.0698 e. The van der Waals surface area contributed by atoms with Gasteiger partial charge in [-0.1, -0.05) is 24.3 Å². The maximum absolute atomic E-state index is 8.73. The summed E-state index contributed by atoms with van der Waals surface area (Å²) in [4.78, 5) is 0. The van der Waals surface area contributed by atoms with Gasteiger partial charge in [-0.05, 0) is 13.8 Å². The molecule has 0 amide bonds. The summed E-state index contributed by atoms with van der Waals surface area (Å²) < 4.78 is 0. The third kappa shape index (κ3) is 3.62. The van der Waals surface area contributed by atoms with Gasteiger partial charge in [-0.2, -0.15) is 0 Å². The zero-order valence-corrected chi connectivity index (χ0v) is 5.39. The van der Waals surface area contributed by atoms with E-state index in [0.717, 1.165) is 5.57 Å². The number of aliphatic hydroxyl groups is 1. The van der Waals surface area contributed by atoms with Gasteiger partial charge in [0.2, 0.25) is 0 Å². The normalized spacial score (nSPS) is 15.6. The van der Waals surface area contributed by atoms with Crippen LogP contribution in [0, 0.1) is 0 Å².